The highest BCUT2D eigenvalue weighted by Crippen LogP contribution is 2.09. The fourth-order valence-corrected chi connectivity index (χ4v) is 1.06. The number of alkyl halides is 1. The van der Waals surface area contributed by atoms with Crippen LogP contribution in [0.5, 0.6) is 5.75 Å². The van der Waals surface area contributed by atoms with Gasteiger partial charge in [0.05, 0.1) is 0 Å². The van der Waals surface area contributed by atoms with Crippen LogP contribution in [0.2, 0.25) is 0 Å². The van der Waals surface area contributed by atoms with Gasteiger partial charge >= 0.3 is 6.09 Å². The SMILES string of the molecule is CC(Br)[C@@H](C)NC(=O)Oc1ccccc1. The van der Waals surface area contributed by atoms with Gasteiger partial charge in [0.1, 0.15) is 5.75 Å². The van der Waals surface area contributed by atoms with E-state index in [1.807, 2.05) is 32.0 Å². The molecule has 0 aromatic heterocycles. The molecule has 1 rings (SSSR count). The Kier molecular flexibility index (Phi) is 4.62. The molecule has 0 saturated carbocycles. The fraction of sp³-hybridized carbons (Fsp3) is 0.364. The molecule has 15 heavy (non-hydrogen) atoms. The third kappa shape index (κ3) is 4.34. The number of ether oxygens (including phenoxy) is 1. The summed E-state index contributed by atoms with van der Waals surface area (Å²) in [5.74, 6) is 0.546. The van der Waals surface area contributed by atoms with E-state index in [2.05, 4.69) is 21.2 Å². The number of nitrogens with one attached hydrogen (secondary N) is 1. The van der Waals surface area contributed by atoms with Crippen molar-refractivity contribution in [3.63, 3.8) is 0 Å². The Hall–Kier alpha value is -1.03. The highest BCUT2D eigenvalue weighted by atomic mass is 79.9. The maximum atomic E-state index is 11.4. The summed E-state index contributed by atoms with van der Waals surface area (Å²) >= 11 is 3.38. The van der Waals surface area contributed by atoms with E-state index in [1.54, 1.807) is 12.1 Å². The topological polar surface area (TPSA) is 38.3 Å². The number of carbonyl (C=O) groups is 1. The molecule has 82 valence electrons. The zero-order valence-corrected chi connectivity index (χ0v) is 10.3. The molecule has 0 aliphatic heterocycles. The van der Waals surface area contributed by atoms with Crippen LogP contribution in [0.1, 0.15) is 13.8 Å². The Balaban J connectivity index is 2.43. The molecule has 0 aliphatic carbocycles. The van der Waals surface area contributed by atoms with E-state index >= 15 is 0 Å². The van der Waals surface area contributed by atoms with Gasteiger partial charge in [0.25, 0.3) is 0 Å². The highest BCUT2D eigenvalue weighted by Gasteiger charge is 2.12. The second-order valence-corrected chi connectivity index (χ2v) is 4.76. The predicted molar refractivity (Wildman–Crippen MR) is 63.5 cm³/mol. The lowest BCUT2D eigenvalue weighted by Gasteiger charge is -2.15. The molecule has 0 aliphatic rings. The number of carbonyl (C=O) groups excluding carboxylic acids is 1. The summed E-state index contributed by atoms with van der Waals surface area (Å²) in [5, 5.41) is 2.72. The highest BCUT2D eigenvalue weighted by molar-refractivity contribution is 9.09. The van der Waals surface area contributed by atoms with Crippen molar-refractivity contribution >= 4 is 22.0 Å². The lowest BCUT2D eigenvalue weighted by atomic mass is 10.3. The van der Waals surface area contributed by atoms with E-state index < -0.39 is 6.09 Å². The van der Waals surface area contributed by atoms with Crippen molar-refractivity contribution in [2.45, 2.75) is 24.7 Å². The maximum Gasteiger partial charge on any atom is 0.412 e. The molecule has 0 radical (unpaired) electrons. The Morgan fingerprint density at radius 1 is 1.33 bits per heavy atom. The van der Waals surface area contributed by atoms with Crippen LogP contribution >= 0.6 is 15.9 Å². The van der Waals surface area contributed by atoms with Crippen LogP contribution in [0.15, 0.2) is 30.3 Å². The van der Waals surface area contributed by atoms with Gasteiger partial charge in [-0.25, -0.2) is 4.79 Å². The molecule has 1 N–H and O–H groups in total. The normalized spacial score (nSPS) is 14.1. The number of para-hydroxylation sites is 1. The van der Waals surface area contributed by atoms with Crippen LogP contribution in [0.4, 0.5) is 4.79 Å². The molecule has 3 nitrogen and oxygen atoms in total. The Morgan fingerprint density at radius 3 is 2.47 bits per heavy atom. The molecular formula is C11H14BrNO2. The van der Waals surface area contributed by atoms with E-state index in [0.717, 1.165) is 0 Å². The van der Waals surface area contributed by atoms with Gasteiger partial charge < -0.3 is 10.1 Å². The summed E-state index contributed by atoms with van der Waals surface area (Å²) in [6.45, 7) is 3.87. The summed E-state index contributed by atoms with van der Waals surface area (Å²) < 4.78 is 5.06. The van der Waals surface area contributed by atoms with Crippen LogP contribution < -0.4 is 10.1 Å². The number of halogens is 1. The number of hydrogen-bond donors (Lipinski definition) is 1. The number of rotatable bonds is 3. The molecule has 4 heteroatoms. The fourth-order valence-electron chi connectivity index (χ4n) is 0.926. The largest absolute Gasteiger partial charge is 0.412 e. The van der Waals surface area contributed by atoms with Crippen molar-refractivity contribution in [1.82, 2.24) is 5.32 Å². The van der Waals surface area contributed by atoms with E-state index in [4.69, 9.17) is 4.74 Å². The summed E-state index contributed by atoms with van der Waals surface area (Å²) in [6, 6.07) is 9.01. The quantitative estimate of drug-likeness (QED) is 0.859. The molecule has 1 aromatic rings. The van der Waals surface area contributed by atoms with Crippen LogP contribution in [-0.4, -0.2) is 17.0 Å². The average molecular weight is 272 g/mol. The van der Waals surface area contributed by atoms with E-state index in [-0.39, 0.29) is 10.9 Å². The maximum absolute atomic E-state index is 11.4. The molecule has 0 fully saturated rings. The standard InChI is InChI=1S/C11H14BrNO2/c1-8(12)9(2)13-11(14)15-10-6-4-3-5-7-10/h3-9H,1-2H3,(H,13,14)/t8?,9-/m1/s1. The molecule has 0 bridgehead atoms. The van der Waals surface area contributed by atoms with Gasteiger partial charge in [-0.3, -0.25) is 0 Å². The van der Waals surface area contributed by atoms with Crippen molar-refractivity contribution in [2.24, 2.45) is 0 Å². The molecule has 2 atom stereocenters. The van der Waals surface area contributed by atoms with Gasteiger partial charge in [0, 0.05) is 10.9 Å². The first-order valence-electron chi connectivity index (χ1n) is 4.77. The lowest BCUT2D eigenvalue weighted by molar-refractivity contribution is 0.197. The zero-order valence-electron chi connectivity index (χ0n) is 8.74. The summed E-state index contributed by atoms with van der Waals surface area (Å²) in [6.07, 6.45) is -0.431. The Morgan fingerprint density at radius 2 is 1.93 bits per heavy atom. The van der Waals surface area contributed by atoms with Crippen LogP contribution in [0, 0.1) is 0 Å². The van der Waals surface area contributed by atoms with Gasteiger partial charge in [-0.1, -0.05) is 41.1 Å². The van der Waals surface area contributed by atoms with E-state index in [9.17, 15) is 4.79 Å². The van der Waals surface area contributed by atoms with Crippen molar-refractivity contribution in [3.8, 4) is 5.75 Å². The van der Waals surface area contributed by atoms with Crippen molar-refractivity contribution in [2.75, 3.05) is 0 Å². The average Bonchev–Trinajstić information content (AvgIpc) is 2.18. The van der Waals surface area contributed by atoms with Crippen molar-refractivity contribution in [1.29, 1.82) is 0 Å². The van der Waals surface area contributed by atoms with Gasteiger partial charge in [0.2, 0.25) is 0 Å². The monoisotopic (exact) mass is 271 g/mol. The molecule has 0 heterocycles. The zero-order chi connectivity index (χ0) is 11.3. The number of amides is 1. The minimum atomic E-state index is -0.431. The van der Waals surface area contributed by atoms with Gasteiger partial charge in [-0.2, -0.15) is 0 Å². The van der Waals surface area contributed by atoms with Crippen molar-refractivity contribution < 1.29 is 9.53 Å². The first kappa shape index (κ1) is 12.0. The molecule has 0 spiro atoms. The first-order chi connectivity index (χ1) is 7.09. The summed E-state index contributed by atoms with van der Waals surface area (Å²) in [7, 11) is 0. The molecule has 0 saturated heterocycles. The first-order valence-corrected chi connectivity index (χ1v) is 5.68. The summed E-state index contributed by atoms with van der Waals surface area (Å²) in [4.78, 5) is 11.6. The van der Waals surface area contributed by atoms with Gasteiger partial charge in [-0.15, -0.1) is 0 Å². The molecule has 1 amide bonds. The second kappa shape index (κ2) is 5.75. The lowest BCUT2D eigenvalue weighted by Crippen LogP contribution is -2.39. The van der Waals surface area contributed by atoms with Crippen LogP contribution in [0.3, 0.4) is 0 Å². The molecule has 1 unspecified atom stereocenters. The van der Waals surface area contributed by atoms with E-state index in [1.165, 1.54) is 0 Å². The predicted octanol–water partition coefficient (Wildman–Crippen LogP) is 2.95. The Labute approximate surface area is 97.9 Å². The minimum absolute atomic E-state index is 0.0289. The molecule has 1 aromatic carbocycles. The third-order valence-corrected chi connectivity index (χ3v) is 2.78. The number of hydrogen-bond acceptors (Lipinski definition) is 2. The van der Waals surface area contributed by atoms with Crippen LogP contribution in [0.25, 0.3) is 0 Å². The van der Waals surface area contributed by atoms with Crippen molar-refractivity contribution in [3.05, 3.63) is 30.3 Å². The smallest absolute Gasteiger partial charge is 0.410 e. The minimum Gasteiger partial charge on any atom is -0.410 e. The second-order valence-electron chi connectivity index (χ2n) is 3.31. The Bertz CT molecular complexity index is 314. The molecular weight excluding hydrogens is 258 g/mol. The number of benzene rings is 1. The van der Waals surface area contributed by atoms with Crippen LogP contribution in [-0.2, 0) is 0 Å². The van der Waals surface area contributed by atoms with E-state index in [0.29, 0.717) is 5.75 Å². The van der Waals surface area contributed by atoms with Gasteiger partial charge in [-0.05, 0) is 19.1 Å². The third-order valence-electron chi connectivity index (χ3n) is 1.99. The van der Waals surface area contributed by atoms with Gasteiger partial charge in [0.15, 0.2) is 0 Å². The summed E-state index contributed by atoms with van der Waals surface area (Å²) in [5.41, 5.74) is 0.